The molecule has 0 radical (unpaired) electrons. The van der Waals surface area contributed by atoms with Gasteiger partial charge in [-0.15, -0.1) is 0 Å². The van der Waals surface area contributed by atoms with E-state index >= 15 is 0 Å². The van der Waals surface area contributed by atoms with Gasteiger partial charge in [0.25, 0.3) is 5.56 Å². The van der Waals surface area contributed by atoms with E-state index in [9.17, 15) is 14.4 Å². The highest BCUT2D eigenvalue weighted by atomic mass is 35.5. The molecule has 1 aliphatic carbocycles. The van der Waals surface area contributed by atoms with E-state index in [2.05, 4.69) is 15.5 Å². The molecule has 1 amide bonds. The molecule has 9 nitrogen and oxygen atoms in total. The number of hydrogen-bond donors (Lipinski definition) is 1. The fraction of sp³-hybridized carbons (Fsp3) is 0.240. The topological polar surface area (TPSA) is 108 Å². The Morgan fingerprint density at radius 3 is 2.71 bits per heavy atom. The number of halogens is 1. The summed E-state index contributed by atoms with van der Waals surface area (Å²) in [5, 5.41) is 12.8. The van der Waals surface area contributed by atoms with Crippen molar-refractivity contribution in [3.8, 4) is 5.69 Å². The highest BCUT2D eigenvalue weighted by Crippen LogP contribution is 2.41. The van der Waals surface area contributed by atoms with Gasteiger partial charge in [-0.3, -0.25) is 9.59 Å². The van der Waals surface area contributed by atoms with E-state index in [-0.39, 0.29) is 24.6 Å². The largest absolute Gasteiger partial charge is 0.462 e. The second-order valence-electron chi connectivity index (χ2n) is 8.24. The number of benzene rings is 2. The molecule has 1 saturated carbocycles. The van der Waals surface area contributed by atoms with E-state index in [4.69, 9.17) is 16.3 Å². The van der Waals surface area contributed by atoms with Crippen molar-refractivity contribution in [2.75, 3.05) is 11.9 Å². The van der Waals surface area contributed by atoms with Crippen molar-refractivity contribution in [2.45, 2.75) is 32.2 Å². The van der Waals surface area contributed by atoms with E-state index in [1.54, 1.807) is 61.7 Å². The highest BCUT2D eigenvalue weighted by molar-refractivity contribution is 6.30. The second-order valence-corrected chi connectivity index (χ2v) is 8.67. The summed E-state index contributed by atoms with van der Waals surface area (Å²) in [6.07, 6.45) is 3.56. The number of carbonyl (C=O) groups excluding carboxylic acids is 2. The summed E-state index contributed by atoms with van der Waals surface area (Å²) in [6.45, 7) is 1.59. The number of nitrogens with one attached hydrogen (secondary N) is 1. The third kappa shape index (κ3) is 4.54. The summed E-state index contributed by atoms with van der Waals surface area (Å²) >= 11 is 6.15. The van der Waals surface area contributed by atoms with Crippen molar-refractivity contribution in [3.63, 3.8) is 0 Å². The first kappa shape index (κ1) is 22.8. The Kier molecular flexibility index (Phi) is 6.08. The van der Waals surface area contributed by atoms with Gasteiger partial charge in [0.05, 0.1) is 35.4 Å². The third-order valence-corrected chi connectivity index (χ3v) is 5.95. The lowest BCUT2D eigenvalue weighted by Crippen LogP contribution is -2.31. The number of rotatable bonds is 7. The van der Waals surface area contributed by atoms with Crippen LogP contribution in [0.1, 0.15) is 41.7 Å². The van der Waals surface area contributed by atoms with Crippen LogP contribution in [0, 0.1) is 0 Å². The van der Waals surface area contributed by atoms with Gasteiger partial charge in [0.15, 0.2) is 0 Å². The van der Waals surface area contributed by atoms with E-state index in [1.807, 2.05) is 0 Å². The molecule has 10 heteroatoms. The van der Waals surface area contributed by atoms with Crippen molar-refractivity contribution in [2.24, 2.45) is 0 Å². The molecule has 35 heavy (non-hydrogen) atoms. The van der Waals surface area contributed by atoms with Gasteiger partial charge in [-0.1, -0.05) is 29.8 Å². The number of anilines is 1. The first-order chi connectivity index (χ1) is 17.0. The zero-order valence-electron chi connectivity index (χ0n) is 18.9. The molecule has 1 N–H and O–H groups in total. The fourth-order valence-electron chi connectivity index (χ4n) is 3.97. The molecule has 178 valence electrons. The number of fused-ring (bicyclic) bond motifs is 1. The van der Waals surface area contributed by atoms with Crippen molar-refractivity contribution in [1.82, 2.24) is 19.6 Å². The van der Waals surface area contributed by atoms with Crippen LogP contribution in [0.15, 0.2) is 59.5 Å². The van der Waals surface area contributed by atoms with E-state index < -0.39 is 17.4 Å². The Bertz CT molecular complexity index is 1510. The second kappa shape index (κ2) is 9.34. The van der Waals surface area contributed by atoms with Crippen molar-refractivity contribution >= 4 is 40.1 Å². The van der Waals surface area contributed by atoms with Crippen LogP contribution >= 0.6 is 11.6 Å². The van der Waals surface area contributed by atoms with E-state index in [0.717, 1.165) is 23.2 Å². The van der Waals surface area contributed by atoms with Crippen LogP contribution in [0.2, 0.25) is 5.02 Å². The molecular formula is C25H22ClN5O4. The molecule has 0 spiro atoms. The molecule has 0 saturated heterocycles. The van der Waals surface area contributed by atoms with Crippen LogP contribution in [0.5, 0.6) is 0 Å². The lowest BCUT2D eigenvalue weighted by molar-refractivity contribution is -0.117. The first-order valence-corrected chi connectivity index (χ1v) is 11.6. The molecule has 5 rings (SSSR count). The number of hydrogen-bond acceptors (Lipinski definition) is 6. The molecular weight excluding hydrogens is 470 g/mol. The summed E-state index contributed by atoms with van der Waals surface area (Å²) in [4.78, 5) is 38.6. The predicted molar refractivity (Wildman–Crippen MR) is 131 cm³/mol. The van der Waals surface area contributed by atoms with Crippen molar-refractivity contribution < 1.29 is 14.3 Å². The monoisotopic (exact) mass is 491 g/mol. The minimum Gasteiger partial charge on any atom is -0.462 e. The van der Waals surface area contributed by atoms with Crippen LogP contribution in [0.4, 0.5) is 5.69 Å². The van der Waals surface area contributed by atoms with Crippen LogP contribution in [0.3, 0.4) is 0 Å². The molecule has 4 aromatic rings. The number of para-hydroxylation sites is 1. The summed E-state index contributed by atoms with van der Waals surface area (Å²) in [6, 6.07) is 13.6. The predicted octanol–water partition coefficient (Wildman–Crippen LogP) is 3.93. The van der Waals surface area contributed by atoms with Crippen molar-refractivity contribution in [3.05, 3.63) is 81.4 Å². The molecule has 1 aliphatic rings. The molecule has 0 unspecified atom stereocenters. The number of nitrogens with zero attached hydrogens (tertiary/aromatic N) is 4. The standard InChI is InChI=1S/C25H22ClN5O4/c1-2-35-25(34)18-8-3-4-9-20(18)28-21(32)14-30-24(33)23-19(22(29-30)15-10-11-15)13-27-31(23)17-7-5-6-16(26)12-17/h3-9,12-13,15H,2,10-11,14H2,1H3,(H,28,32). The average Bonchev–Trinajstić information content (AvgIpc) is 3.59. The quantitative estimate of drug-likeness (QED) is 0.392. The highest BCUT2D eigenvalue weighted by Gasteiger charge is 2.30. The molecule has 0 aliphatic heterocycles. The van der Waals surface area contributed by atoms with Gasteiger partial charge >= 0.3 is 5.97 Å². The van der Waals surface area contributed by atoms with Crippen LogP contribution in [-0.2, 0) is 16.1 Å². The van der Waals surface area contributed by atoms with Gasteiger partial charge in [0, 0.05) is 16.3 Å². The van der Waals surface area contributed by atoms with Gasteiger partial charge in [-0.05, 0) is 50.1 Å². The molecule has 0 atom stereocenters. The minimum absolute atomic E-state index is 0.213. The maximum Gasteiger partial charge on any atom is 0.340 e. The zero-order chi connectivity index (χ0) is 24.5. The Morgan fingerprint density at radius 1 is 1.17 bits per heavy atom. The van der Waals surface area contributed by atoms with Gasteiger partial charge in [0.1, 0.15) is 12.1 Å². The van der Waals surface area contributed by atoms with Gasteiger partial charge in [-0.2, -0.15) is 10.2 Å². The van der Waals surface area contributed by atoms with E-state index in [0.29, 0.717) is 27.3 Å². The maximum atomic E-state index is 13.5. The molecule has 2 heterocycles. The molecule has 1 fully saturated rings. The first-order valence-electron chi connectivity index (χ1n) is 11.3. The number of ether oxygens (including phenoxy) is 1. The smallest absolute Gasteiger partial charge is 0.340 e. The number of esters is 1. The van der Waals surface area contributed by atoms with Crippen LogP contribution in [0.25, 0.3) is 16.6 Å². The summed E-state index contributed by atoms with van der Waals surface area (Å²) < 4.78 is 7.75. The van der Waals surface area contributed by atoms with Crippen LogP contribution < -0.4 is 10.9 Å². The summed E-state index contributed by atoms with van der Waals surface area (Å²) in [5.41, 5.74) is 1.80. The SMILES string of the molecule is CCOC(=O)c1ccccc1NC(=O)Cn1nc(C2CC2)c2cnn(-c3cccc(Cl)c3)c2c1=O. The van der Waals surface area contributed by atoms with Crippen LogP contribution in [-0.4, -0.2) is 38.0 Å². The van der Waals surface area contributed by atoms with E-state index in [1.165, 1.54) is 4.68 Å². The summed E-state index contributed by atoms with van der Waals surface area (Å²) in [5.74, 6) is -0.818. The Labute approximate surface area is 205 Å². The van der Waals surface area contributed by atoms with Gasteiger partial charge < -0.3 is 10.1 Å². The third-order valence-electron chi connectivity index (χ3n) is 5.72. The molecule has 2 aromatic carbocycles. The number of carbonyl (C=O) groups is 2. The molecule has 0 bridgehead atoms. The molecule has 2 aromatic heterocycles. The fourth-order valence-corrected chi connectivity index (χ4v) is 4.15. The minimum atomic E-state index is -0.540. The Balaban J connectivity index is 1.51. The van der Waals surface area contributed by atoms with Crippen molar-refractivity contribution in [1.29, 1.82) is 0 Å². The zero-order valence-corrected chi connectivity index (χ0v) is 19.7. The number of amides is 1. The lowest BCUT2D eigenvalue weighted by atomic mass is 10.2. The number of aromatic nitrogens is 4. The average molecular weight is 492 g/mol. The Morgan fingerprint density at radius 2 is 1.97 bits per heavy atom. The van der Waals surface area contributed by atoms with Gasteiger partial charge in [0.2, 0.25) is 5.91 Å². The Hall–Kier alpha value is -3.98. The normalized spacial score (nSPS) is 13.1. The summed E-state index contributed by atoms with van der Waals surface area (Å²) in [7, 11) is 0. The maximum absolute atomic E-state index is 13.5. The lowest BCUT2D eigenvalue weighted by Gasteiger charge is -2.12. The van der Waals surface area contributed by atoms with Gasteiger partial charge in [-0.25, -0.2) is 14.2 Å².